The first-order valence-electron chi connectivity index (χ1n) is 6.69. The molecular weight excluding hydrogens is 262 g/mol. The Morgan fingerprint density at radius 3 is 2.67 bits per heavy atom. The van der Waals surface area contributed by atoms with Crippen LogP contribution in [-0.4, -0.2) is 17.6 Å². The van der Waals surface area contributed by atoms with Gasteiger partial charge in [0.15, 0.2) is 0 Å². The molecule has 0 bridgehead atoms. The van der Waals surface area contributed by atoms with Crippen LogP contribution in [-0.2, 0) is 0 Å². The van der Waals surface area contributed by atoms with E-state index in [4.69, 9.17) is 6.42 Å². The van der Waals surface area contributed by atoms with Crippen LogP contribution in [0.2, 0.25) is 0 Å². The van der Waals surface area contributed by atoms with Gasteiger partial charge in [-0.25, -0.2) is 4.79 Å². The van der Waals surface area contributed by atoms with E-state index in [1.807, 2.05) is 49.5 Å². The number of amides is 2. The molecule has 4 nitrogen and oxygen atoms in total. The second-order valence-electron chi connectivity index (χ2n) is 4.62. The molecule has 1 aromatic heterocycles. The third kappa shape index (κ3) is 4.08. The van der Waals surface area contributed by atoms with Gasteiger partial charge in [0.05, 0.1) is 12.6 Å². The normalized spacial score (nSPS) is 11.2. The molecule has 106 valence electrons. The highest BCUT2D eigenvalue weighted by Gasteiger charge is 2.08. The van der Waals surface area contributed by atoms with E-state index in [1.165, 1.54) is 0 Å². The molecule has 1 atom stereocenters. The number of pyridine rings is 1. The molecule has 1 heterocycles. The lowest BCUT2D eigenvalue weighted by Crippen LogP contribution is -2.37. The first-order valence-corrected chi connectivity index (χ1v) is 6.69. The van der Waals surface area contributed by atoms with Crippen LogP contribution < -0.4 is 10.6 Å². The van der Waals surface area contributed by atoms with E-state index < -0.39 is 0 Å². The van der Waals surface area contributed by atoms with Crippen molar-refractivity contribution < 1.29 is 4.79 Å². The maximum Gasteiger partial charge on any atom is 0.316 e. The van der Waals surface area contributed by atoms with Crippen LogP contribution >= 0.6 is 0 Å². The fourth-order valence-electron chi connectivity index (χ4n) is 1.96. The molecule has 0 aliphatic rings. The van der Waals surface area contributed by atoms with E-state index >= 15 is 0 Å². The standard InChI is InChI=1S/C17H17N3O/c1-3-10-19-17(21)20-13(2)14-6-8-15(9-7-14)16-5-4-11-18-12-16/h1,4-9,11-13H,10H2,2H3,(H2,19,20,21). The lowest BCUT2D eigenvalue weighted by Gasteiger charge is -2.15. The van der Waals surface area contributed by atoms with Gasteiger partial charge in [-0.2, -0.15) is 0 Å². The summed E-state index contributed by atoms with van der Waals surface area (Å²) < 4.78 is 0. The summed E-state index contributed by atoms with van der Waals surface area (Å²) in [5.41, 5.74) is 3.19. The molecule has 4 heteroatoms. The number of hydrogen-bond donors (Lipinski definition) is 2. The number of rotatable bonds is 4. The second-order valence-corrected chi connectivity index (χ2v) is 4.62. The Hall–Kier alpha value is -2.80. The van der Waals surface area contributed by atoms with Crippen LogP contribution in [0.15, 0.2) is 48.8 Å². The van der Waals surface area contributed by atoms with Crippen LogP contribution in [0.3, 0.4) is 0 Å². The minimum absolute atomic E-state index is 0.0919. The molecule has 2 rings (SSSR count). The zero-order valence-electron chi connectivity index (χ0n) is 11.8. The molecule has 0 spiro atoms. The summed E-state index contributed by atoms with van der Waals surface area (Å²) in [6.07, 6.45) is 8.67. The number of benzene rings is 1. The molecule has 0 aliphatic heterocycles. The van der Waals surface area contributed by atoms with Gasteiger partial charge in [0.25, 0.3) is 0 Å². The van der Waals surface area contributed by atoms with Gasteiger partial charge < -0.3 is 10.6 Å². The Bertz CT molecular complexity index is 629. The summed E-state index contributed by atoms with van der Waals surface area (Å²) in [5, 5.41) is 5.41. The molecule has 0 fully saturated rings. The maximum absolute atomic E-state index is 11.5. The van der Waals surface area contributed by atoms with Gasteiger partial charge in [-0.3, -0.25) is 4.98 Å². The Morgan fingerprint density at radius 2 is 2.05 bits per heavy atom. The van der Waals surface area contributed by atoms with Crippen molar-refractivity contribution in [1.29, 1.82) is 0 Å². The molecule has 21 heavy (non-hydrogen) atoms. The number of nitrogens with one attached hydrogen (secondary N) is 2. The molecule has 0 radical (unpaired) electrons. The summed E-state index contributed by atoms with van der Waals surface area (Å²) in [4.78, 5) is 15.7. The highest BCUT2D eigenvalue weighted by molar-refractivity contribution is 5.74. The molecule has 0 saturated heterocycles. The monoisotopic (exact) mass is 279 g/mol. The van der Waals surface area contributed by atoms with Gasteiger partial charge in [0, 0.05) is 12.4 Å². The van der Waals surface area contributed by atoms with Crippen LogP contribution in [0.1, 0.15) is 18.5 Å². The minimum Gasteiger partial charge on any atom is -0.332 e. The van der Waals surface area contributed by atoms with Crippen LogP contribution in [0.5, 0.6) is 0 Å². The number of carbonyl (C=O) groups is 1. The zero-order chi connectivity index (χ0) is 15.1. The SMILES string of the molecule is C#CCNC(=O)NC(C)c1ccc(-c2cccnc2)cc1. The summed E-state index contributed by atoms with van der Waals surface area (Å²) >= 11 is 0. The maximum atomic E-state index is 11.5. The molecule has 1 unspecified atom stereocenters. The smallest absolute Gasteiger partial charge is 0.316 e. The molecule has 2 N–H and O–H groups in total. The van der Waals surface area contributed by atoms with E-state index in [9.17, 15) is 4.79 Å². The van der Waals surface area contributed by atoms with Crippen molar-refractivity contribution in [3.05, 3.63) is 54.4 Å². The summed E-state index contributed by atoms with van der Waals surface area (Å²) in [6.45, 7) is 2.15. The fraction of sp³-hybridized carbons (Fsp3) is 0.176. The number of nitrogens with zero attached hydrogens (tertiary/aromatic N) is 1. The van der Waals surface area contributed by atoms with E-state index in [0.29, 0.717) is 0 Å². The quantitative estimate of drug-likeness (QED) is 0.846. The van der Waals surface area contributed by atoms with Crippen LogP contribution in [0.25, 0.3) is 11.1 Å². The first kappa shape index (κ1) is 14.6. The number of carbonyl (C=O) groups excluding carboxylic acids is 1. The first-order chi connectivity index (χ1) is 10.2. The van der Waals surface area contributed by atoms with E-state index in [2.05, 4.69) is 21.5 Å². The molecule has 2 amide bonds. The topological polar surface area (TPSA) is 54.0 Å². The fourth-order valence-corrected chi connectivity index (χ4v) is 1.96. The van der Waals surface area contributed by atoms with Gasteiger partial charge in [0.2, 0.25) is 0 Å². The summed E-state index contributed by atoms with van der Waals surface area (Å²) in [7, 11) is 0. The van der Waals surface area contributed by atoms with Gasteiger partial charge in [-0.05, 0) is 29.7 Å². The van der Waals surface area contributed by atoms with Crippen molar-refractivity contribution in [3.8, 4) is 23.5 Å². The highest BCUT2D eigenvalue weighted by Crippen LogP contribution is 2.21. The van der Waals surface area contributed by atoms with Gasteiger partial charge >= 0.3 is 6.03 Å². The van der Waals surface area contributed by atoms with E-state index in [0.717, 1.165) is 16.7 Å². The average Bonchev–Trinajstić information content (AvgIpc) is 2.54. The van der Waals surface area contributed by atoms with Crippen molar-refractivity contribution in [3.63, 3.8) is 0 Å². The number of urea groups is 1. The number of aromatic nitrogens is 1. The number of hydrogen-bond acceptors (Lipinski definition) is 2. The zero-order valence-corrected chi connectivity index (χ0v) is 11.8. The second kappa shape index (κ2) is 7.11. The Balaban J connectivity index is 2.02. The van der Waals surface area contributed by atoms with Gasteiger partial charge in [0.1, 0.15) is 0 Å². The van der Waals surface area contributed by atoms with Crippen molar-refractivity contribution >= 4 is 6.03 Å². The predicted octanol–water partition coefficient (Wildman–Crippen LogP) is 2.74. The summed E-state index contributed by atoms with van der Waals surface area (Å²) in [6, 6.07) is 11.6. The largest absolute Gasteiger partial charge is 0.332 e. The van der Waals surface area contributed by atoms with Crippen LogP contribution in [0, 0.1) is 12.3 Å². The van der Waals surface area contributed by atoms with Crippen molar-refractivity contribution in [1.82, 2.24) is 15.6 Å². The molecule has 0 aliphatic carbocycles. The lowest BCUT2D eigenvalue weighted by atomic mass is 10.0. The molecule has 1 aromatic carbocycles. The third-order valence-corrected chi connectivity index (χ3v) is 3.10. The van der Waals surface area contributed by atoms with Gasteiger partial charge in [-0.1, -0.05) is 36.3 Å². The van der Waals surface area contributed by atoms with Crippen LogP contribution in [0.4, 0.5) is 4.79 Å². The Morgan fingerprint density at radius 1 is 1.29 bits per heavy atom. The molecular formula is C17H17N3O. The Kier molecular flexibility index (Phi) is 4.94. The molecule has 0 saturated carbocycles. The molecule has 2 aromatic rings. The van der Waals surface area contributed by atoms with E-state index in [-0.39, 0.29) is 18.6 Å². The average molecular weight is 279 g/mol. The highest BCUT2D eigenvalue weighted by atomic mass is 16.2. The minimum atomic E-state index is -0.267. The van der Waals surface area contributed by atoms with Crippen molar-refractivity contribution in [2.75, 3.05) is 6.54 Å². The third-order valence-electron chi connectivity index (χ3n) is 3.10. The predicted molar refractivity (Wildman–Crippen MR) is 83.5 cm³/mol. The van der Waals surface area contributed by atoms with Crippen molar-refractivity contribution in [2.24, 2.45) is 0 Å². The van der Waals surface area contributed by atoms with E-state index in [1.54, 1.807) is 6.20 Å². The Labute approximate surface area is 124 Å². The summed E-state index contributed by atoms with van der Waals surface area (Å²) in [5.74, 6) is 2.36. The van der Waals surface area contributed by atoms with Gasteiger partial charge in [-0.15, -0.1) is 6.42 Å². The lowest BCUT2D eigenvalue weighted by molar-refractivity contribution is 0.239. The van der Waals surface area contributed by atoms with Crippen molar-refractivity contribution in [2.45, 2.75) is 13.0 Å². The number of terminal acetylenes is 1.